The molecule has 1 aliphatic rings. The van der Waals surface area contributed by atoms with Gasteiger partial charge in [-0.2, -0.15) is 0 Å². The Kier molecular flexibility index (Phi) is 1.77. The van der Waals surface area contributed by atoms with Crippen molar-refractivity contribution in [3.63, 3.8) is 0 Å². The zero-order chi connectivity index (χ0) is 8.55. The fourth-order valence-electron chi connectivity index (χ4n) is 1.40. The second-order valence-corrected chi connectivity index (χ2v) is 3.33. The molecule has 1 heterocycles. The summed E-state index contributed by atoms with van der Waals surface area (Å²) in [5.74, 6) is 0.480. The Hall–Kier alpha value is -1.02. The molecule has 64 valence electrons. The molecule has 1 aliphatic heterocycles. The predicted octanol–water partition coefficient (Wildman–Crippen LogP) is 1.77. The molecule has 0 aliphatic carbocycles. The molecule has 2 rings (SSSR count). The summed E-state index contributed by atoms with van der Waals surface area (Å²) in [6.07, 6.45) is 0.423. The van der Waals surface area contributed by atoms with Crippen molar-refractivity contribution >= 4 is 5.69 Å². The normalized spacial score (nSPS) is 23.6. The lowest BCUT2D eigenvalue weighted by molar-refractivity contribution is 0.382. The molecular weight excluding hydrogens is 150 g/mol. The summed E-state index contributed by atoms with van der Waals surface area (Å²) in [4.78, 5) is 0. The van der Waals surface area contributed by atoms with Crippen LogP contribution in [-0.2, 0) is 4.74 Å². The number of benzene rings is 1. The average molecular weight is 163 g/mol. The van der Waals surface area contributed by atoms with Gasteiger partial charge in [0.1, 0.15) is 0 Å². The van der Waals surface area contributed by atoms with Crippen molar-refractivity contribution in [3.8, 4) is 0 Å². The van der Waals surface area contributed by atoms with E-state index >= 15 is 0 Å². The third kappa shape index (κ3) is 1.43. The highest BCUT2D eigenvalue weighted by molar-refractivity contribution is 5.42. The molecule has 0 spiro atoms. The predicted molar refractivity (Wildman–Crippen MR) is 49.0 cm³/mol. The van der Waals surface area contributed by atoms with Crippen LogP contribution < -0.4 is 5.73 Å². The number of hydrogen-bond donors (Lipinski definition) is 1. The fraction of sp³-hybridized carbons (Fsp3) is 0.400. The van der Waals surface area contributed by atoms with Crippen LogP contribution in [0.2, 0.25) is 0 Å². The zero-order valence-electron chi connectivity index (χ0n) is 7.16. The topological polar surface area (TPSA) is 38.5 Å². The van der Waals surface area contributed by atoms with Crippen molar-refractivity contribution in [2.45, 2.75) is 18.9 Å². The third-order valence-electron chi connectivity index (χ3n) is 2.35. The molecule has 2 nitrogen and oxygen atoms in total. The molecule has 1 aromatic carbocycles. The number of nitrogen functional groups attached to an aromatic ring is 1. The molecule has 2 atom stereocenters. The number of ether oxygens (including phenoxy) is 1. The van der Waals surface area contributed by atoms with Crippen LogP contribution in [0.3, 0.4) is 0 Å². The van der Waals surface area contributed by atoms with E-state index in [9.17, 15) is 0 Å². The van der Waals surface area contributed by atoms with E-state index in [1.165, 1.54) is 5.56 Å². The van der Waals surface area contributed by atoms with Gasteiger partial charge in [0.15, 0.2) is 0 Å². The fourth-order valence-corrected chi connectivity index (χ4v) is 1.40. The molecule has 0 unspecified atom stereocenters. The molecule has 1 saturated heterocycles. The highest BCUT2D eigenvalue weighted by atomic mass is 16.6. The summed E-state index contributed by atoms with van der Waals surface area (Å²) in [5, 5.41) is 0. The van der Waals surface area contributed by atoms with Gasteiger partial charge < -0.3 is 10.5 Å². The smallest absolute Gasteiger partial charge is 0.0875 e. The average Bonchev–Trinajstić information content (AvgIpc) is 2.85. The van der Waals surface area contributed by atoms with Crippen LogP contribution in [0.5, 0.6) is 0 Å². The minimum absolute atomic E-state index is 0.423. The van der Waals surface area contributed by atoms with Crippen LogP contribution in [0, 0.1) is 0 Å². The Labute approximate surface area is 72.3 Å². The second kappa shape index (κ2) is 2.79. The summed E-state index contributed by atoms with van der Waals surface area (Å²) in [7, 11) is 0. The molecule has 2 N–H and O–H groups in total. The first-order valence-corrected chi connectivity index (χ1v) is 4.24. The van der Waals surface area contributed by atoms with Crippen LogP contribution in [0.15, 0.2) is 24.3 Å². The van der Waals surface area contributed by atoms with Gasteiger partial charge in [0.25, 0.3) is 0 Å². The van der Waals surface area contributed by atoms with Crippen molar-refractivity contribution in [2.24, 2.45) is 0 Å². The van der Waals surface area contributed by atoms with Crippen LogP contribution in [-0.4, -0.2) is 12.7 Å². The lowest BCUT2D eigenvalue weighted by Gasteiger charge is -2.08. The number of hydrogen-bond acceptors (Lipinski definition) is 2. The van der Waals surface area contributed by atoms with Gasteiger partial charge in [0, 0.05) is 11.6 Å². The molecule has 0 aromatic heterocycles. The lowest BCUT2D eigenvalue weighted by atomic mass is 9.98. The Morgan fingerprint density at radius 2 is 2.33 bits per heavy atom. The van der Waals surface area contributed by atoms with E-state index in [2.05, 4.69) is 13.0 Å². The Balaban J connectivity index is 2.20. The van der Waals surface area contributed by atoms with E-state index < -0.39 is 0 Å². The highest BCUT2D eigenvalue weighted by Crippen LogP contribution is 2.29. The zero-order valence-corrected chi connectivity index (χ0v) is 7.16. The van der Waals surface area contributed by atoms with Gasteiger partial charge in [-0.1, -0.05) is 19.1 Å². The van der Waals surface area contributed by atoms with E-state index in [-0.39, 0.29) is 0 Å². The molecular formula is C10H13NO. The highest BCUT2D eigenvalue weighted by Gasteiger charge is 2.30. The summed E-state index contributed by atoms with van der Waals surface area (Å²) in [6.45, 7) is 3.07. The molecule has 0 radical (unpaired) electrons. The molecule has 2 heteroatoms. The molecule has 1 aromatic rings. The molecule has 12 heavy (non-hydrogen) atoms. The first-order valence-electron chi connectivity index (χ1n) is 4.24. The number of epoxide rings is 1. The molecule has 1 fully saturated rings. The monoisotopic (exact) mass is 163 g/mol. The van der Waals surface area contributed by atoms with Gasteiger partial charge in [-0.25, -0.2) is 0 Å². The Morgan fingerprint density at radius 3 is 2.92 bits per heavy atom. The SMILES string of the molecule is C[C@@H](c1cccc(N)c1)[C@H]1CO1. The number of nitrogens with two attached hydrogens (primary N) is 1. The molecule has 0 bridgehead atoms. The van der Waals surface area contributed by atoms with Gasteiger partial charge >= 0.3 is 0 Å². The summed E-state index contributed by atoms with van der Waals surface area (Å²) < 4.78 is 5.22. The molecule has 0 saturated carbocycles. The summed E-state index contributed by atoms with van der Waals surface area (Å²) in [5.41, 5.74) is 7.78. The van der Waals surface area contributed by atoms with Crippen LogP contribution in [0.25, 0.3) is 0 Å². The molecule has 0 amide bonds. The van der Waals surface area contributed by atoms with Crippen molar-refractivity contribution in [2.75, 3.05) is 12.3 Å². The van der Waals surface area contributed by atoms with E-state index in [0.29, 0.717) is 12.0 Å². The Morgan fingerprint density at radius 1 is 1.58 bits per heavy atom. The standard InChI is InChI=1S/C10H13NO/c1-7(10-6-12-10)8-3-2-4-9(11)5-8/h2-5,7,10H,6,11H2,1H3/t7-,10+/m0/s1. The maximum atomic E-state index is 5.68. The van der Waals surface area contributed by atoms with E-state index in [4.69, 9.17) is 10.5 Å². The lowest BCUT2D eigenvalue weighted by Crippen LogP contribution is -2.01. The van der Waals surface area contributed by atoms with Crippen LogP contribution in [0.1, 0.15) is 18.4 Å². The Bertz CT molecular complexity index is 281. The minimum atomic E-state index is 0.423. The quantitative estimate of drug-likeness (QED) is 0.533. The van der Waals surface area contributed by atoms with Crippen LogP contribution in [0.4, 0.5) is 5.69 Å². The van der Waals surface area contributed by atoms with E-state index in [1.54, 1.807) is 0 Å². The first-order chi connectivity index (χ1) is 5.77. The minimum Gasteiger partial charge on any atom is -0.399 e. The van der Waals surface area contributed by atoms with Gasteiger partial charge in [0.05, 0.1) is 12.7 Å². The van der Waals surface area contributed by atoms with Crippen LogP contribution >= 0.6 is 0 Å². The third-order valence-corrected chi connectivity index (χ3v) is 2.35. The maximum Gasteiger partial charge on any atom is 0.0875 e. The second-order valence-electron chi connectivity index (χ2n) is 3.33. The van der Waals surface area contributed by atoms with Crippen molar-refractivity contribution < 1.29 is 4.74 Å². The van der Waals surface area contributed by atoms with E-state index in [0.717, 1.165) is 12.3 Å². The largest absolute Gasteiger partial charge is 0.399 e. The number of rotatable bonds is 2. The van der Waals surface area contributed by atoms with Gasteiger partial charge in [-0.05, 0) is 17.7 Å². The van der Waals surface area contributed by atoms with Crippen molar-refractivity contribution in [3.05, 3.63) is 29.8 Å². The van der Waals surface area contributed by atoms with Gasteiger partial charge in [-0.15, -0.1) is 0 Å². The summed E-state index contributed by atoms with van der Waals surface area (Å²) in [6, 6.07) is 8.02. The van der Waals surface area contributed by atoms with Gasteiger partial charge in [0.2, 0.25) is 0 Å². The van der Waals surface area contributed by atoms with Crippen molar-refractivity contribution in [1.82, 2.24) is 0 Å². The maximum absolute atomic E-state index is 5.68. The summed E-state index contributed by atoms with van der Waals surface area (Å²) >= 11 is 0. The first kappa shape index (κ1) is 7.62. The van der Waals surface area contributed by atoms with E-state index in [1.807, 2.05) is 18.2 Å². The number of anilines is 1. The van der Waals surface area contributed by atoms with Crippen molar-refractivity contribution in [1.29, 1.82) is 0 Å². The van der Waals surface area contributed by atoms with Gasteiger partial charge in [-0.3, -0.25) is 0 Å².